The fourth-order valence-corrected chi connectivity index (χ4v) is 2.14. The van der Waals surface area contributed by atoms with Crippen molar-refractivity contribution in [1.82, 2.24) is 15.3 Å². The lowest BCUT2D eigenvalue weighted by atomic mass is 10.1. The number of aromatic nitrogens is 2. The summed E-state index contributed by atoms with van der Waals surface area (Å²) in [6.07, 6.45) is 3.75. The molecule has 0 saturated carbocycles. The van der Waals surface area contributed by atoms with Gasteiger partial charge in [0.2, 0.25) is 5.95 Å². The van der Waals surface area contributed by atoms with Crippen LogP contribution in [-0.2, 0) is 12.8 Å². The Kier molecular flexibility index (Phi) is 3.37. The van der Waals surface area contributed by atoms with Crippen molar-refractivity contribution in [2.45, 2.75) is 12.8 Å². The second-order valence-corrected chi connectivity index (χ2v) is 4.55. The van der Waals surface area contributed by atoms with E-state index in [1.165, 1.54) is 17.7 Å². The molecule has 1 aliphatic rings. The van der Waals surface area contributed by atoms with Gasteiger partial charge in [0.1, 0.15) is 5.82 Å². The van der Waals surface area contributed by atoms with Crippen molar-refractivity contribution in [3.63, 3.8) is 0 Å². The Balaban J connectivity index is 1.81. The highest BCUT2D eigenvalue weighted by Crippen LogP contribution is 2.16. The Morgan fingerprint density at radius 3 is 2.74 bits per heavy atom. The number of hydrogen-bond acceptors (Lipinski definition) is 4. The summed E-state index contributed by atoms with van der Waals surface area (Å²) in [5, 5.41) is 6.43. The summed E-state index contributed by atoms with van der Waals surface area (Å²) >= 11 is 0. The Labute approximate surface area is 111 Å². The third-order valence-electron chi connectivity index (χ3n) is 3.16. The number of hydrogen-bond donors (Lipinski definition) is 2. The SMILES string of the molecule is Fc1ccc(Nc2ncc3c(n2)CCNCC3)cc1. The summed E-state index contributed by atoms with van der Waals surface area (Å²) in [5.74, 6) is 0.312. The molecule has 0 fully saturated rings. The molecule has 2 aromatic rings. The molecule has 2 heterocycles. The van der Waals surface area contributed by atoms with E-state index in [2.05, 4.69) is 20.6 Å². The number of anilines is 2. The molecule has 98 valence electrons. The summed E-state index contributed by atoms with van der Waals surface area (Å²) < 4.78 is 12.8. The van der Waals surface area contributed by atoms with Crippen LogP contribution < -0.4 is 10.6 Å². The molecule has 0 aliphatic carbocycles. The smallest absolute Gasteiger partial charge is 0.227 e. The topological polar surface area (TPSA) is 49.8 Å². The van der Waals surface area contributed by atoms with Crippen molar-refractivity contribution >= 4 is 11.6 Å². The largest absolute Gasteiger partial charge is 0.324 e. The highest BCUT2D eigenvalue weighted by atomic mass is 19.1. The number of benzene rings is 1. The van der Waals surface area contributed by atoms with Crippen molar-refractivity contribution in [2.75, 3.05) is 18.4 Å². The van der Waals surface area contributed by atoms with Gasteiger partial charge in [-0.15, -0.1) is 0 Å². The monoisotopic (exact) mass is 258 g/mol. The molecule has 0 bridgehead atoms. The fourth-order valence-electron chi connectivity index (χ4n) is 2.14. The first-order valence-corrected chi connectivity index (χ1v) is 6.39. The van der Waals surface area contributed by atoms with E-state index in [0.29, 0.717) is 5.95 Å². The van der Waals surface area contributed by atoms with Crippen LogP contribution in [0.15, 0.2) is 30.5 Å². The van der Waals surface area contributed by atoms with E-state index in [-0.39, 0.29) is 5.82 Å². The van der Waals surface area contributed by atoms with Gasteiger partial charge in [-0.25, -0.2) is 14.4 Å². The van der Waals surface area contributed by atoms with Crippen LogP contribution in [0.2, 0.25) is 0 Å². The van der Waals surface area contributed by atoms with Crippen molar-refractivity contribution < 1.29 is 4.39 Å². The maximum atomic E-state index is 12.8. The minimum atomic E-state index is -0.250. The zero-order valence-corrected chi connectivity index (χ0v) is 10.5. The number of halogens is 1. The molecule has 0 spiro atoms. The predicted octanol–water partition coefficient (Wildman–Crippen LogP) is 2.05. The molecule has 0 saturated heterocycles. The van der Waals surface area contributed by atoms with Crippen molar-refractivity contribution in [3.8, 4) is 0 Å². The van der Waals surface area contributed by atoms with Crippen LogP contribution in [0, 0.1) is 5.82 Å². The lowest BCUT2D eigenvalue weighted by Crippen LogP contribution is -2.16. The van der Waals surface area contributed by atoms with Gasteiger partial charge in [-0.2, -0.15) is 0 Å². The zero-order chi connectivity index (χ0) is 13.1. The van der Waals surface area contributed by atoms with Gasteiger partial charge in [0.25, 0.3) is 0 Å². The molecule has 4 nitrogen and oxygen atoms in total. The third kappa shape index (κ3) is 2.88. The Morgan fingerprint density at radius 2 is 1.89 bits per heavy atom. The molecule has 0 atom stereocenters. The van der Waals surface area contributed by atoms with Gasteiger partial charge in [0, 0.05) is 24.8 Å². The van der Waals surface area contributed by atoms with E-state index >= 15 is 0 Å². The average molecular weight is 258 g/mol. The maximum Gasteiger partial charge on any atom is 0.227 e. The second-order valence-electron chi connectivity index (χ2n) is 4.55. The lowest BCUT2D eigenvalue weighted by molar-refractivity contribution is 0.628. The quantitative estimate of drug-likeness (QED) is 0.865. The average Bonchev–Trinajstić information content (AvgIpc) is 2.66. The van der Waals surface area contributed by atoms with Crippen LogP contribution in [0.25, 0.3) is 0 Å². The number of fused-ring (bicyclic) bond motifs is 1. The van der Waals surface area contributed by atoms with Gasteiger partial charge in [0.15, 0.2) is 0 Å². The van der Waals surface area contributed by atoms with Crippen LogP contribution in [0.1, 0.15) is 11.3 Å². The van der Waals surface area contributed by atoms with Crippen LogP contribution in [-0.4, -0.2) is 23.1 Å². The molecular weight excluding hydrogens is 243 g/mol. The van der Waals surface area contributed by atoms with Crippen LogP contribution in [0.3, 0.4) is 0 Å². The molecule has 1 aliphatic heterocycles. The number of rotatable bonds is 2. The highest BCUT2D eigenvalue weighted by Gasteiger charge is 2.10. The van der Waals surface area contributed by atoms with Crippen molar-refractivity contribution in [1.29, 1.82) is 0 Å². The predicted molar refractivity (Wildman–Crippen MR) is 72.0 cm³/mol. The molecule has 0 radical (unpaired) electrons. The van der Waals surface area contributed by atoms with Crippen LogP contribution in [0.5, 0.6) is 0 Å². The van der Waals surface area contributed by atoms with E-state index in [0.717, 1.165) is 37.3 Å². The van der Waals surface area contributed by atoms with E-state index in [1.807, 2.05) is 6.20 Å². The second kappa shape index (κ2) is 5.32. The van der Waals surface area contributed by atoms with Gasteiger partial charge in [0.05, 0.1) is 5.69 Å². The summed E-state index contributed by atoms with van der Waals surface area (Å²) in [7, 11) is 0. The summed E-state index contributed by atoms with van der Waals surface area (Å²) in [6.45, 7) is 1.92. The molecule has 3 rings (SSSR count). The summed E-state index contributed by atoms with van der Waals surface area (Å²) in [6, 6.07) is 6.17. The first-order chi connectivity index (χ1) is 9.31. The molecule has 5 heteroatoms. The van der Waals surface area contributed by atoms with Crippen molar-refractivity contribution in [2.24, 2.45) is 0 Å². The first kappa shape index (κ1) is 12.0. The van der Waals surface area contributed by atoms with Crippen LogP contribution >= 0.6 is 0 Å². The molecule has 1 aromatic heterocycles. The minimum Gasteiger partial charge on any atom is -0.324 e. The van der Waals surface area contributed by atoms with Gasteiger partial charge >= 0.3 is 0 Å². The standard InChI is InChI=1S/C14H15FN4/c15-11-1-3-12(4-2-11)18-14-17-9-10-5-7-16-8-6-13(10)19-14/h1-4,9,16H,5-8H2,(H,17,18,19). The lowest BCUT2D eigenvalue weighted by Gasteiger charge is -2.08. The molecule has 19 heavy (non-hydrogen) atoms. The van der Waals surface area contributed by atoms with Gasteiger partial charge in [-0.3, -0.25) is 0 Å². The van der Waals surface area contributed by atoms with E-state index < -0.39 is 0 Å². The van der Waals surface area contributed by atoms with E-state index in [9.17, 15) is 4.39 Å². The Hall–Kier alpha value is -2.01. The number of nitrogens with zero attached hydrogens (tertiary/aromatic N) is 2. The third-order valence-corrected chi connectivity index (χ3v) is 3.16. The van der Waals surface area contributed by atoms with Gasteiger partial charge in [-0.1, -0.05) is 0 Å². The Bertz CT molecular complexity index is 568. The normalized spacial score (nSPS) is 14.6. The summed E-state index contributed by atoms with van der Waals surface area (Å²) in [4.78, 5) is 8.84. The molecule has 0 unspecified atom stereocenters. The molecular formula is C14H15FN4. The first-order valence-electron chi connectivity index (χ1n) is 6.39. The van der Waals surface area contributed by atoms with Crippen LogP contribution in [0.4, 0.5) is 16.0 Å². The number of nitrogens with one attached hydrogen (secondary N) is 2. The Morgan fingerprint density at radius 1 is 1.11 bits per heavy atom. The van der Waals surface area contributed by atoms with E-state index in [1.54, 1.807) is 12.1 Å². The van der Waals surface area contributed by atoms with Gasteiger partial charge < -0.3 is 10.6 Å². The minimum absolute atomic E-state index is 0.250. The molecule has 0 amide bonds. The summed E-state index contributed by atoms with van der Waals surface area (Å²) in [5.41, 5.74) is 3.08. The maximum absolute atomic E-state index is 12.8. The fraction of sp³-hybridized carbons (Fsp3) is 0.286. The molecule has 1 aromatic carbocycles. The van der Waals surface area contributed by atoms with Crippen molar-refractivity contribution in [3.05, 3.63) is 47.5 Å². The zero-order valence-electron chi connectivity index (χ0n) is 10.5. The van der Waals surface area contributed by atoms with Gasteiger partial charge in [-0.05, 0) is 42.8 Å². The molecule has 2 N–H and O–H groups in total. The highest BCUT2D eigenvalue weighted by molar-refractivity contribution is 5.53. The van der Waals surface area contributed by atoms with E-state index in [4.69, 9.17) is 0 Å².